The first-order valence-corrected chi connectivity index (χ1v) is 9.37. The zero-order chi connectivity index (χ0) is 19.7. The molecule has 0 aliphatic carbocycles. The zero-order valence-corrected chi connectivity index (χ0v) is 15.8. The predicted octanol–water partition coefficient (Wildman–Crippen LogP) is 3.80. The number of benzene rings is 2. The van der Waals surface area contributed by atoms with Gasteiger partial charge in [0.15, 0.2) is 0 Å². The molecule has 1 saturated heterocycles. The van der Waals surface area contributed by atoms with E-state index in [0.717, 1.165) is 33.8 Å². The second kappa shape index (κ2) is 7.36. The Hall–Kier alpha value is -3.32. The first-order chi connectivity index (χ1) is 13.5. The fraction of sp³-hybridized carbons (Fsp3) is 0.0952. The van der Waals surface area contributed by atoms with Crippen LogP contribution in [0.15, 0.2) is 59.6 Å². The van der Waals surface area contributed by atoms with Crippen LogP contribution in [0.1, 0.15) is 21.5 Å². The SMILES string of the molecule is COC(=O)c1ccc(Cn2cc(C=C3SC(=O)NC3=O)c3ccccc32)cc1. The van der Waals surface area contributed by atoms with Crippen LogP contribution < -0.4 is 5.32 Å². The summed E-state index contributed by atoms with van der Waals surface area (Å²) in [5.74, 6) is -0.737. The average molecular weight is 392 g/mol. The van der Waals surface area contributed by atoms with E-state index in [9.17, 15) is 14.4 Å². The number of hydrogen-bond donors (Lipinski definition) is 1. The Kier molecular flexibility index (Phi) is 4.75. The minimum atomic E-state index is -0.370. The molecule has 1 aliphatic rings. The molecule has 1 aromatic heterocycles. The molecule has 0 unspecified atom stereocenters. The van der Waals surface area contributed by atoms with Crippen LogP contribution in [0.25, 0.3) is 17.0 Å². The molecule has 1 N–H and O–H groups in total. The summed E-state index contributed by atoms with van der Waals surface area (Å²) >= 11 is 0.905. The maximum absolute atomic E-state index is 11.9. The van der Waals surface area contributed by atoms with Crippen LogP contribution in [-0.4, -0.2) is 28.8 Å². The van der Waals surface area contributed by atoms with Crippen LogP contribution in [0.2, 0.25) is 0 Å². The maximum Gasteiger partial charge on any atom is 0.337 e. The van der Waals surface area contributed by atoms with Gasteiger partial charge < -0.3 is 9.30 Å². The summed E-state index contributed by atoms with van der Waals surface area (Å²) in [6.07, 6.45) is 3.70. The zero-order valence-electron chi connectivity index (χ0n) is 15.0. The molecule has 2 aromatic carbocycles. The van der Waals surface area contributed by atoms with Crippen molar-refractivity contribution in [2.24, 2.45) is 0 Å². The number of carbonyl (C=O) groups is 3. The number of nitrogens with zero attached hydrogens (tertiary/aromatic N) is 1. The van der Waals surface area contributed by atoms with Crippen molar-refractivity contribution in [1.82, 2.24) is 9.88 Å². The Morgan fingerprint density at radius 3 is 2.57 bits per heavy atom. The molecular weight excluding hydrogens is 376 g/mol. The van der Waals surface area contributed by atoms with Gasteiger partial charge in [0.05, 0.1) is 17.6 Å². The minimum Gasteiger partial charge on any atom is -0.465 e. The van der Waals surface area contributed by atoms with E-state index in [0.29, 0.717) is 17.0 Å². The van der Waals surface area contributed by atoms with Gasteiger partial charge in [0.25, 0.3) is 11.1 Å². The smallest absolute Gasteiger partial charge is 0.337 e. The highest BCUT2D eigenvalue weighted by Crippen LogP contribution is 2.30. The summed E-state index contributed by atoms with van der Waals surface area (Å²) in [5.41, 5.74) is 3.41. The Labute approximate surface area is 165 Å². The van der Waals surface area contributed by atoms with E-state index in [1.54, 1.807) is 18.2 Å². The summed E-state index contributed by atoms with van der Waals surface area (Å²) in [7, 11) is 1.36. The first kappa shape index (κ1) is 18.1. The van der Waals surface area contributed by atoms with Gasteiger partial charge >= 0.3 is 5.97 Å². The third-order valence-corrected chi connectivity index (χ3v) is 5.29. The molecular formula is C21H16N2O4S. The summed E-state index contributed by atoms with van der Waals surface area (Å²) in [6, 6.07) is 15.1. The van der Waals surface area contributed by atoms with Gasteiger partial charge in [0, 0.05) is 29.2 Å². The number of carbonyl (C=O) groups excluding carboxylic acids is 3. The third kappa shape index (κ3) is 3.44. The van der Waals surface area contributed by atoms with Crippen molar-refractivity contribution in [3.8, 4) is 0 Å². The normalized spacial score (nSPS) is 15.2. The van der Waals surface area contributed by atoms with E-state index >= 15 is 0 Å². The molecule has 0 bridgehead atoms. The largest absolute Gasteiger partial charge is 0.465 e. The molecule has 28 heavy (non-hydrogen) atoms. The Balaban J connectivity index is 1.69. The van der Waals surface area contributed by atoms with Crippen LogP contribution >= 0.6 is 11.8 Å². The molecule has 0 saturated carbocycles. The van der Waals surface area contributed by atoms with Gasteiger partial charge in [0.1, 0.15) is 0 Å². The number of ether oxygens (including phenoxy) is 1. The van der Waals surface area contributed by atoms with E-state index in [2.05, 4.69) is 9.88 Å². The van der Waals surface area contributed by atoms with Crippen molar-refractivity contribution in [3.05, 3.63) is 76.3 Å². The Morgan fingerprint density at radius 2 is 1.89 bits per heavy atom. The van der Waals surface area contributed by atoms with E-state index in [4.69, 9.17) is 4.74 Å². The fourth-order valence-electron chi connectivity index (χ4n) is 3.14. The number of thioether (sulfide) groups is 1. The van der Waals surface area contributed by atoms with Gasteiger partial charge in [-0.25, -0.2) is 4.79 Å². The van der Waals surface area contributed by atoms with Crippen molar-refractivity contribution in [3.63, 3.8) is 0 Å². The molecule has 1 fully saturated rings. The summed E-state index contributed by atoms with van der Waals surface area (Å²) < 4.78 is 6.80. The molecule has 3 aromatic rings. The molecule has 0 spiro atoms. The van der Waals surface area contributed by atoms with E-state index < -0.39 is 0 Å². The van der Waals surface area contributed by atoms with E-state index in [-0.39, 0.29) is 17.1 Å². The number of para-hydroxylation sites is 1. The number of esters is 1. The van der Waals surface area contributed by atoms with Gasteiger partial charge in [-0.1, -0.05) is 30.3 Å². The average Bonchev–Trinajstić information content (AvgIpc) is 3.21. The highest BCUT2D eigenvalue weighted by molar-refractivity contribution is 8.18. The highest BCUT2D eigenvalue weighted by Gasteiger charge is 2.25. The lowest BCUT2D eigenvalue weighted by Gasteiger charge is -2.06. The van der Waals surface area contributed by atoms with E-state index in [1.165, 1.54) is 7.11 Å². The highest BCUT2D eigenvalue weighted by atomic mass is 32.2. The lowest BCUT2D eigenvalue weighted by atomic mass is 10.1. The standard InChI is InChI=1S/C21H16N2O4S/c1-27-20(25)14-8-6-13(7-9-14)11-23-12-15(16-4-2-3-5-17(16)23)10-18-19(24)22-21(26)28-18/h2-10,12H,11H2,1H3,(H,22,24,26). The number of methoxy groups -OCH3 is 1. The second-order valence-corrected chi connectivity index (χ2v) is 7.28. The number of fused-ring (bicyclic) bond motifs is 1. The Bertz CT molecular complexity index is 1130. The molecule has 6 nitrogen and oxygen atoms in total. The van der Waals surface area contributed by atoms with Gasteiger partial charge in [-0.05, 0) is 41.6 Å². The number of aromatic nitrogens is 1. The molecule has 140 valence electrons. The van der Waals surface area contributed by atoms with Crippen molar-refractivity contribution < 1.29 is 19.1 Å². The van der Waals surface area contributed by atoms with Gasteiger partial charge in [-0.15, -0.1) is 0 Å². The third-order valence-electron chi connectivity index (χ3n) is 4.48. The summed E-state index contributed by atoms with van der Waals surface area (Å²) in [4.78, 5) is 35.3. The quantitative estimate of drug-likeness (QED) is 0.540. The van der Waals surface area contributed by atoms with Crippen LogP contribution in [0.4, 0.5) is 4.79 Å². The molecule has 4 rings (SSSR count). The summed E-state index contributed by atoms with van der Waals surface area (Å²) in [6.45, 7) is 0.601. The number of hydrogen-bond acceptors (Lipinski definition) is 5. The monoisotopic (exact) mass is 392 g/mol. The van der Waals surface area contributed by atoms with Gasteiger partial charge in [-0.2, -0.15) is 0 Å². The van der Waals surface area contributed by atoms with Crippen LogP contribution in [0.5, 0.6) is 0 Å². The van der Waals surface area contributed by atoms with Crippen LogP contribution in [-0.2, 0) is 16.1 Å². The topological polar surface area (TPSA) is 77.4 Å². The summed E-state index contributed by atoms with van der Waals surface area (Å²) in [5, 5.41) is 2.91. The molecule has 0 atom stereocenters. The van der Waals surface area contributed by atoms with Crippen molar-refractivity contribution in [2.45, 2.75) is 6.54 Å². The molecule has 0 radical (unpaired) electrons. The lowest BCUT2D eigenvalue weighted by Crippen LogP contribution is -2.17. The first-order valence-electron chi connectivity index (χ1n) is 8.55. The van der Waals surface area contributed by atoms with Crippen molar-refractivity contribution >= 4 is 45.9 Å². The van der Waals surface area contributed by atoms with Crippen molar-refractivity contribution in [2.75, 3.05) is 7.11 Å². The van der Waals surface area contributed by atoms with Crippen LogP contribution in [0, 0.1) is 0 Å². The van der Waals surface area contributed by atoms with E-state index in [1.807, 2.05) is 42.6 Å². The maximum atomic E-state index is 11.9. The number of nitrogens with one attached hydrogen (secondary N) is 1. The Morgan fingerprint density at radius 1 is 1.14 bits per heavy atom. The molecule has 7 heteroatoms. The minimum absolute atomic E-state index is 0.356. The lowest BCUT2D eigenvalue weighted by molar-refractivity contribution is -0.115. The van der Waals surface area contributed by atoms with Crippen LogP contribution in [0.3, 0.4) is 0 Å². The van der Waals surface area contributed by atoms with Gasteiger partial charge in [-0.3, -0.25) is 14.9 Å². The van der Waals surface area contributed by atoms with Crippen molar-refractivity contribution in [1.29, 1.82) is 0 Å². The molecule has 1 aliphatic heterocycles. The number of rotatable bonds is 4. The predicted molar refractivity (Wildman–Crippen MR) is 108 cm³/mol. The second-order valence-electron chi connectivity index (χ2n) is 6.27. The molecule has 2 heterocycles. The number of amides is 2. The number of imide groups is 1. The van der Waals surface area contributed by atoms with Gasteiger partial charge in [0.2, 0.25) is 0 Å². The molecule has 2 amide bonds. The fourth-order valence-corrected chi connectivity index (χ4v) is 3.82.